The van der Waals surface area contributed by atoms with Crippen LogP contribution in [0.2, 0.25) is 0 Å². The number of carboxylic acid groups (broad SMARTS) is 2. The average molecular weight is 397 g/mol. The van der Waals surface area contributed by atoms with E-state index in [-0.39, 0.29) is 23.7 Å². The van der Waals surface area contributed by atoms with E-state index in [4.69, 9.17) is 4.28 Å². The Morgan fingerprint density at radius 1 is 0.731 bits per heavy atom. The van der Waals surface area contributed by atoms with Crippen LogP contribution in [0.5, 0.6) is 0 Å². The number of rotatable bonds is 11. The zero-order valence-electron chi connectivity index (χ0n) is 17.7. The summed E-state index contributed by atoms with van der Waals surface area (Å²) in [6.07, 6.45) is -2.48. The van der Waals surface area contributed by atoms with Crippen LogP contribution in [0.1, 0.15) is 55.4 Å². The zero-order chi connectivity index (χ0) is 20.8. The van der Waals surface area contributed by atoms with Gasteiger partial charge in [0.1, 0.15) is 0 Å². The van der Waals surface area contributed by atoms with E-state index in [2.05, 4.69) is 10.2 Å². The summed E-state index contributed by atoms with van der Waals surface area (Å²) in [7, 11) is -4.09. The lowest BCUT2D eigenvalue weighted by Gasteiger charge is -2.79. The normalized spacial score (nSPS) is 15.2. The maximum atomic E-state index is 12.1. The maximum absolute atomic E-state index is 12.1. The monoisotopic (exact) mass is 396 g/mol. The second-order valence-corrected chi connectivity index (χ2v) is 15.9. The highest BCUT2D eigenvalue weighted by molar-refractivity contribution is 8.60. The standard InChI is InChI=1S/C18H40N2O5S/c1-13(2)9-26(10-14(3)4,11-15(5)6,12-16(7)8,20-18(23)24)25-19-17(21)22/h13-16,19-20H,9-12H2,1-8H3,(H,21,22)(H,23,24). The number of hydrogen-bond donors (Lipinski definition) is 4. The number of carbonyl (C=O) groups is 2. The van der Waals surface area contributed by atoms with Gasteiger partial charge in [-0.2, -0.15) is 5.48 Å². The van der Waals surface area contributed by atoms with E-state index < -0.39 is 20.9 Å². The number of amides is 2. The van der Waals surface area contributed by atoms with Gasteiger partial charge in [0.05, 0.1) is 0 Å². The van der Waals surface area contributed by atoms with Gasteiger partial charge in [-0.25, -0.2) is 13.9 Å². The van der Waals surface area contributed by atoms with E-state index in [0.29, 0.717) is 23.0 Å². The minimum Gasteiger partial charge on any atom is -0.464 e. The first-order chi connectivity index (χ1) is 11.6. The van der Waals surface area contributed by atoms with E-state index in [1.807, 2.05) is 55.4 Å². The van der Waals surface area contributed by atoms with Crippen molar-refractivity contribution >= 4 is 20.9 Å². The van der Waals surface area contributed by atoms with E-state index in [0.717, 1.165) is 0 Å². The molecule has 0 spiro atoms. The summed E-state index contributed by atoms with van der Waals surface area (Å²) in [5.41, 5.74) is 2.14. The Hall–Kier alpha value is -1.15. The highest BCUT2D eigenvalue weighted by Gasteiger charge is 2.64. The van der Waals surface area contributed by atoms with Crippen molar-refractivity contribution in [3.63, 3.8) is 0 Å². The molecule has 8 heteroatoms. The van der Waals surface area contributed by atoms with Crippen molar-refractivity contribution in [2.24, 2.45) is 23.7 Å². The Bertz CT molecular complexity index is 462. The van der Waals surface area contributed by atoms with Gasteiger partial charge in [0, 0.05) is 23.0 Å². The molecule has 0 rings (SSSR count). The molecule has 7 nitrogen and oxygen atoms in total. The van der Waals surface area contributed by atoms with Crippen molar-refractivity contribution in [3.05, 3.63) is 0 Å². The Morgan fingerprint density at radius 2 is 1.04 bits per heavy atom. The molecule has 158 valence electrons. The molecule has 0 atom stereocenters. The summed E-state index contributed by atoms with van der Waals surface area (Å²) in [6, 6.07) is 0. The molecule has 0 unspecified atom stereocenters. The molecule has 0 bridgehead atoms. The molecule has 4 N–H and O–H groups in total. The first kappa shape index (κ1) is 24.8. The van der Waals surface area contributed by atoms with Crippen LogP contribution in [0.4, 0.5) is 9.59 Å². The van der Waals surface area contributed by atoms with Crippen LogP contribution < -0.4 is 10.2 Å². The fraction of sp³-hybridized carbons (Fsp3) is 0.889. The van der Waals surface area contributed by atoms with Crippen LogP contribution >= 0.6 is 8.76 Å². The molecule has 26 heavy (non-hydrogen) atoms. The van der Waals surface area contributed by atoms with Gasteiger partial charge in [0.15, 0.2) is 0 Å². The molecule has 0 heterocycles. The predicted octanol–water partition coefficient (Wildman–Crippen LogP) is 4.78. The lowest BCUT2D eigenvalue weighted by atomic mass is 10.2. The van der Waals surface area contributed by atoms with Crippen molar-refractivity contribution in [1.82, 2.24) is 10.2 Å². The molecule has 0 aromatic rings. The topological polar surface area (TPSA) is 108 Å². The predicted molar refractivity (Wildman–Crippen MR) is 110 cm³/mol. The van der Waals surface area contributed by atoms with Crippen LogP contribution in [0.15, 0.2) is 0 Å². The number of nitrogens with one attached hydrogen (secondary N) is 2. The van der Waals surface area contributed by atoms with Gasteiger partial charge in [-0.3, -0.25) is 4.72 Å². The van der Waals surface area contributed by atoms with Gasteiger partial charge in [0.25, 0.3) is 0 Å². The third kappa shape index (κ3) is 6.23. The van der Waals surface area contributed by atoms with Crippen LogP contribution in [-0.4, -0.2) is 45.4 Å². The third-order valence-corrected chi connectivity index (χ3v) is 12.4. The van der Waals surface area contributed by atoms with Gasteiger partial charge in [-0.05, 0) is 23.7 Å². The van der Waals surface area contributed by atoms with Crippen LogP contribution in [-0.2, 0) is 4.28 Å². The van der Waals surface area contributed by atoms with E-state index >= 15 is 0 Å². The number of hydroxylamine groups is 1. The van der Waals surface area contributed by atoms with E-state index in [1.54, 1.807) is 0 Å². The molecule has 0 radical (unpaired) electrons. The maximum Gasteiger partial charge on any atom is 0.429 e. The Balaban J connectivity index is 7.03. The molecule has 0 aliphatic rings. The summed E-state index contributed by atoms with van der Waals surface area (Å²) in [4.78, 5) is 23.4. The molecule has 0 aliphatic heterocycles. The second-order valence-electron chi connectivity index (χ2n) is 9.50. The van der Waals surface area contributed by atoms with Crippen molar-refractivity contribution in [2.45, 2.75) is 55.4 Å². The summed E-state index contributed by atoms with van der Waals surface area (Å²) >= 11 is 0. The SMILES string of the molecule is CC(C)CS(CC(C)C)(CC(C)C)(CC(C)C)(NC(=O)O)ONC(=O)O. The number of hydrogen-bond acceptors (Lipinski definition) is 3. The van der Waals surface area contributed by atoms with Gasteiger partial charge < -0.3 is 10.2 Å². The molecule has 0 saturated heterocycles. The molecule has 2 amide bonds. The van der Waals surface area contributed by atoms with Crippen molar-refractivity contribution in [2.75, 3.05) is 23.0 Å². The lowest BCUT2D eigenvalue weighted by molar-refractivity contribution is 0.134. The van der Waals surface area contributed by atoms with Crippen LogP contribution in [0.3, 0.4) is 0 Å². The van der Waals surface area contributed by atoms with Crippen molar-refractivity contribution < 1.29 is 24.1 Å². The molecular weight excluding hydrogens is 356 g/mol. The average Bonchev–Trinajstić information content (AvgIpc) is 2.31. The van der Waals surface area contributed by atoms with E-state index in [9.17, 15) is 19.8 Å². The largest absolute Gasteiger partial charge is 0.464 e. The molecule has 0 saturated carbocycles. The minimum atomic E-state index is -4.09. The fourth-order valence-corrected chi connectivity index (χ4v) is 15.7. The van der Waals surface area contributed by atoms with Gasteiger partial charge >= 0.3 is 12.2 Å². The first-order valence-corrected chi connectivity index (χ1v) is 12.4. The van der Waals surface area contributed by atoms with Gasteiger partial charge in [-0.15, -0.1) is 8.76 Å². The lowest BCUT2D eigenvalue weighted by Crippen LogP contribution is -2.66. The zero-order valence-corrected chi connectivity index (χ0v) is 18.5. The third-order valence-electron chi connectivity index (χ3n) is 4.18. The fourth-order valence-electron chi connectivity index (χ4n) is 5.23. The van der Waals surface area contributed by atoms with Crippen molar-refractivity contribution in [1.29, 1.82) is 0 Å². The first-order valence-electron chi connectivity index (χ1n) is 9.34. The van der Waals surface area contributed by atoms with Crippen LogP contribution in [0.25, 0.3) is 0 Å². The summed E-state index contributed by atoms with van der Waals surface area (Å²) in [5, 5.41) is 19.1. The van der Waals surface area contributed by atoms with Gasteiger partial charge in [-0.1, -0.05) is 55.4 Å². The summed E-state index contributed by atoms with van der Waals surface area (Å²) in [6.45, 7) is 16.2. The molecule has 0 fully saturated rings. The molecule has 0 aromatic heterocycles. The smallest absolute Gasteiger partial charge is 0.429 e. The Morgan fingerprint density at radius 3 is 1.23 bits per heavy atom. The molecule has 0 aromatic carbocycles. The summed E-state index contributed by atoms with van der Waals surface area (Å²) in [5.74, 6) is 2.38. The Labute approximate surface area is 157 Å². The molecular formula is C18H40N2O5S. The Kier molecular flexibility index (Phi) is 7.89. The van der Waals surface area contributed by atoms with Crippen molar-refractivity contribution in [3.8, 4) is 0 Å². The highest BCUT2D eigenvalue weighted by atomic mass is 32.4. The van der Waals surface area contributed by atoms with Crippen LogP contribution in [0, 0.1) is 23.7 Å². The quantitative estimate of drug-likeness (QED) is 0.376. The van der Waals surface area contributed by atoms with E-state index in [1.165, 1.54) is 0 Å². The summed E-state index contributed by atoms with van der Waals surface area (Å²) < 4.78 is 9.08. The highest BCUT2D eigenvalue weighted by Crippen LogP contribution is 2.88. The molecule has 0 aliphatic carbocycles. The minimum absolute atomic E-state index is 0.121. The second kappa shape index (κ2) is 8.25. The van der Waals surface area contributed by atoms with Gasteiger partial charge in [0.2, 0.25) is 0 Å².